The van der Waals surface area contributed by atoms with Gasteiger partial charge in [-0.05, 0) is 6.72 Å². The summed E-state index contributed by atoms with van der Waals surface area (Å²) in [6.07, 6.45) is 1.22. The Kier molecular flexibility index (Phi) is 3.55. The van der Waals surface area contributed by atoms with Crippen LogP contribution in [-0.2, 0) is 4.84 Å². The minimum Gasteiger partial charge on any atom is -0.398 e. The van der Waals surface area contributed by atoms with E-state index in [0.717, 1.165) is 0 Å². The number of hydrogen-bond acceptors (Lipinski definition) is 2. The van der Waals surface area contributed by atoms with Crippen LogP contribution < -0.4 is 0 Å². The Morgan fingerprint density at radius 1 is 1.83 bits per heavy atom. The van der Waals surface area contributed by atoms with Crippen LogP contribution in [0.5, 0.6) is 0 Å². The lowest BCUT2D eigenvalue weighted by Crippen LogP contribution is -1.65. The summed E-state index contributed by atoms with van der Waals surface area (Å²) in [4.78, 5) is 7.48. The molecule has 0 unspecified atom stereocenters. The first-order valence-corrected chi connectivity index (χ1v) is 1.42. The van der Waals surface area contributed by atoms with Crippen LogP contribution in [-0.4, -0.2) is 20.2 Å². The van der Waals surface area contributed by atoms with E-state index in [4.69, 9.17) is 0 Å². The van der Waals surface area contributed by atoms with Gasteiger partial charge in [-0.3, -0.25) is 0 Å². The molecule has 0 saturated heterocycles. The van der Waals surface area contributed by atoms with Gasteiger partial charge < -0.3 is 4.84 Å². The van der Waals surface area contributed by atoms with Gasteiger partial charge in [-0.25, -0.2) is 4.99 Å². The first kappa shape index (κ1) is 5.14. The fourth-order valence-corrected chi connectivity index (χ4v) is 0.0805. The lowest BCUT2D eigenvalue weighted by atomic mass is 11.3. The van der Waals surface area contributed by atoms with Crippen LogP contribution in [0.2, 0.25) is 0 Å². The van der Waals surface area contributed by atoms with Crippen LogP contribution in [0.1, 0.15) is 0 Å². The zero-order valence-corrected chi connectivity index (χ0v) is 3.59. The van der Waals surface area contributed by atoms with E-state index in [9.17, 15) is 0 Å². The average molecular weight is 86.1 g/mol. The second-order valence-corrected chi connectivity index (χ2v) is 0.586. The SMILES string of the molecule is C=N/C=N\OC. The van der Waals surface area contributed by atoms with Crippen LogP contribution in [0.25, 0.3) is 0 Å². The maximum Gasteiger partial charge on any atom is 0.153 e. The van der Waals surface area contributed by atoms with Gasteiger partial charge in [-0.15, -0.1) is 0 Å². The molecular weight excluding hydrogens is 80.0 g/mol. The molecule has 0 amide bonds. The van der Waals surface area contributed by atoms with Gasteiger partial charge in [-0.2, -0.15) is 0 Å². The van der Waals surface area contributed by atoms with Crippen molar-refractivity contribution in [1.82, 2.24) is 0 Å². The fraction of sp³-hybridized carbons (Fsp3) is 0.333. The highest BCUT2D eigenvalue weighted by Gasteiger charge is 1.52. The van der Waals surface area contributed by atoms with Crippen LogP contribution in [0.4, 0.5) is 0 Å². The summed E-state index contributed by atoms with van der Waals surface area (Å²) in [7, 11) is 1.45. The van der Waals surface area contributed by atoms with E-state index in [0.29, 0.717) is 0 Å². The van der Waals surface area contributed by atoms with E-state index in [-0.39, 0.29) is 0 Å². The molecule has 0 heterocycles. The Morgan fingerprint density at radius 3 is 2.67 bits per heavy atom. The molecule has 0 N–H and O–H groups in total. The molecule has 0 aliphatic carbocycles. The predicted octanol–water partition coefficient (Wildman–Crippen LogP) is 0.277. The molecule has 3 nitrogen and oxygen atoms in total. The number of oxime groups is 1. The molecule has 0 spiro atoms. The van der Waals surface area contributed by atoms with Crippen molar-refractivity contribution in [2.75, 3.05) is 7.11 Å². The number of hydrogen-bond donors (Lipinski definition) is 0. The normalized spacial score (nSPS) is 8.83. The van der Waals surface area contributed by atoms with E-state index in [1.54, 1.807) is 0 Å². The largest absolute Gasteiger partial charge is 0.398 e. The van der Waals surface area contributed by atoms with E-state index in [1.165, 1.54) is 13.4 Å². The quantitative estimate of drug-likeness (QED) is 0.270. The molecule has 0 aromatic heterocycles. The lowest BCUT2D eigenvalue weighted by Gasteiger charge is -1.75. The topological polar surface area (TPSA) is 34.0 Å². The zero-order valence-electron chi connectivity index (χ0n) is 3.59. The predicted molar refractivity (Wildman–Crippen MR) is 25.0 cm³/mol. The summed E-state index contributed by atoms with van der Waals surface area (Å²) < 4.78 is 0. The van der Waals surface area contributed by atoms with Crippen molar-refractivity contribution in [2.24, 2.45) is 10.1 Å². The summed E-state index contributed by atoms with van der Waals surface area (Å²) in [5, 5.41) is 3.24. The minimum atomic E-state index is 1.22. The number of rotatable bonds is 2. The molecule has 34 valence electrons. The Hall–Kier alpha value is -0.860. The highest BCUT2D eigenvalue weighted by atomic mass is 16.6. The Bertz CT molecular complexity index is 59.8. The van der Waals surface area contributed by atoms with Gasteiger partial charge >= 0.3 is 0 Å². The van der Waals surface area contributed by atoms with Gasteiger partial charge in [0.05, 0.1) is 0 Å². The molecule has 0 atom stereocenters. The third-order valence-corrected chi connectivity index (χ3v) is 0.234. The van der Waals surface area contributed by atoms with Gasteiger partial charge in [0.15, 0.2) is 6.34 Å². The molecule has 0 fully saturated rings. The highest BCUT2D eigenvalue weighted by Crippen LogP contribution is 1.59. The number of aliphatic imine (C=N–C) groups is 1. The minimum absolute atomic E-state index is 1.22. The smallest absolute Gasteiger partial charge is 0.153 e. The van der Waals surface area contributed by atoms with Gasteiger partial charge in [0.2, 0.25) is 0 Å². The third kappa shape index (κ3) is 3.14. The maximum atomic E-state index is 4.22. The van der Waals surface area contributed by atoms with E-state index >= 15 is 0 Å². The van der Waals surface area contributed by atoms with E-state index < -0.39 is 0 Å². The summed E-state index contributed by atoms with van der Waals surface area (Å²) in [6, 6.07) is 0. The Morgan fingerprint density at radius 2 is 2.50 bits per heavy atom. The highest BCUT2D eigenvalue weighted by molar-refractivity contribution is 5.61. The van der Waals surface area contributed by atoms with Crippen LogP contribution >= 0.6 is 0 Å². The Labute approximate surface area is 36.3 Å². The second kappa shape index (κ2) is 4.14. The fourth-order valence-electron chi connectivity index (χ4n) is 0.0805. The summed E-state index contributed by atoms with van der Waals surface area (Å²) in [5.41, 5.74) is 0. The standard InChI is InChI=1S/C3H6N2O/c1-4-3-5-6-2/h3H,1H2,2H3/b5-3-. The van der Waals surface area contributed by atoms with Crippen LogP contribution in [0.3, 0.4) is 0 Å². The lowest BCUT2D eigenvalue weighted by molar-refractivity contribution is 0.215. The van der Waals surface area contributed by atoms with Crippen molar-refractivity contribution in [2.45, 2.75) is 0 Å². The molecule has 0 bridgehead atoms. The summed E-state index contributed by atoms with van der Waals surface area (Å²) in [5.74, 6) is 0. The van der Waals surface area contributed by atoms with Crippen molar-refractivity contribution in [1.29, 1.82) is 0 Å². The van der Waals surface area contributed by atoms with Crippen molar-refractivity contribution < 1.29 is 4.84 Å². The van der Waals surface area contributed by atoms with E-state index in [1.807, 2.05) is 0 Å². The van der Waals surface area contributed by atoms with Crippen LogP contribution in [0.15, 0.2) is 10.1 Å². The van der Waals surface area contributed by atoms with Crippen LogP contribution in [0, 0.1) is 0 Å². The average Bonchev–Trinajstić information content (AvgIpc) is 1.61. The zero-order chi connectivity index (χ0) is 4.83. The molecule has 0 saturated carbocycles. The van der Waals surface area contributed by atoms with Crippen molar-refractivity contribution in [3.8, 4) is 0 Å². The Balaban J connectivity index is 2.94. The molecule has 0 aromatic carbocycles. The molecule has 0 aliphatic rings. The third-order valence-electron chi connectivity index (χ3n) is 0.234. The first-order chi connectivity index (χ1) is 2.91. The monoisotopic (exact) mass is 86.0 g/mol. The number of nitrogens with zero attached hydrogens (tertiary/aromatic N) is 2. The summed E-state index contributed by atoms with van der Waals surface area (Å²) in [6.45, 7) is 3.12. The first-order valence-electron chi connectivity index (χ1n) is 1.42. The summed E-state index contributed by atoms with van der Waals surface area (Å²) >= 11 is 0. The van der Waals surface area contributed by atoms with Gasteiger partial charge in [-0.1, -0.05) is 5.16 Å². The van der Waals surface area contributed by atoms with Gasteiger partial charge in [0.25, 0.3) is 0 Å². The van der Waals surface area contributed by atoms with E-state index in [2.05, 4.69) is 21.7 Å². The molecule has 0 radical (unpaired) electrons. The van der Waals surface area contributed by atoms with Crippen molar-refractivity contribution in [3.63, 3.8) is 0 Å². The maximum absolute atomic E-state index is 4.22. The molecule has 3 heteroatoms. The molecule has 0 aliphatic heterocycles. The van der Waals surface area contributed by atoms with Gasteiger partial charge in [0, 0.05) is 0 Å². The molecular formula is C3H6N2O. The molecule has 6 heavy (non-hydrogen) atoms. The van der Waals surface area contributed by atoms with Crippen molar-refractivity contribution in [3.05, 3.63) is 0 Å². The second-order valence-electron chi connectivity index (χ2n) is 0.586. The molecule has 0 aromatic rings. The van der Waals surface area contributed by atoms with Gasteiger partial charge in [0.1, 0.15) is 7.11 Å². The van der Waals surface area contributed by atoms with Crippen molar-refractivity contribution >= 4 is 13.1 Å². The molecule has 0 rings (SSSR count).